The van der Waals surface area contributed by atoms with Crippen molar-refractivity contribution in [2.24, 2.45) is 5.73 Å². The summed E-state index contributed by atoms with van der Waals surface area (Å²) in [7, 11) is 3.93. The molecule has 0 spiro atoms. The molecule has 1 rings (SSSR count). The van der Waals surface area contributed by atoms with Crippen molar-refractivity contribution in [3.63, 3.8) is 0 Å². The Bertz CT molecular complexity index is 331. The van der Waals surface area contributed by atoms with Crippen molar-refractivity contribution in [2.75, 3.05) is 19.0 Å². The predicted molar refractivity (Wildman–Crippen MR) is 60.4 cm³/mol. The van der Waals surface area contributed by atoms with Crippen molar-refractivity contribution in [1.29, 1.82) is 0 Å². The number of anilines is 1. The molecular weight excluding hydrogens is 174 g/mol. The fourth-order valence-electron chi connectivity index (χ4n) is 1.27. The van der Waals surface area contributed by atoms with E-state index in [9.17, 15) is 0 Å². The largest absolute Gasteiger partial charge is 0.363 e. The molecule has 0 amide bonds. The average molecular weight is 191 g/mol. The van der Waals surface area contributed by atoms with Gasteiger partial charge in [0.25, 0.3) is 0 Å². The maximum atomic E-state index is 5.85. The molecule has 0 aromatic carbocycles. The first-order chi connectivity index (χ1) is 6.56. The predicted octanol–water partition coefficient (Wildman–Crippen LogP) is 1.64. The Morgan fingerprint density at radius 2 is 2.21 bits per heavy atom. The highest BCUT2D eigenvalue weighted by Crippen LogP contribution is 2.19. The highest BCUT2D eigenvalue weighted by Gasteiger charge is 2.07. The molecule has 0 aliphatic heterocycles. The lowest BCUT2D eigenvalue weighted by molar-refractivity contribution is 0.887. The highest BCUT2D eigenvalue weighted by atomic mass is 15.1. The number of aryl methyl sites for hydroxylation is 1. The molecule has 2 N–H and O–H groups in total. The second kappa shape index (κ2) is 4.24. The van der Waals surface area contributed by atoms with E-state index in [1.807, 2.05) is 38.2 Å². The fraction of sp³-hybridized carbons (Fsp3) is 0.364. The molecule has 1 heterocycles. The van der Waals surface area contributed by atoms with Gasteiger partial charge in [-0.2, -0.15) is 0 Å². The molecule has 0 radical (unpaired) electrons. The van der Waals surface area contributed by atoms with E-state index < -0.39 is 0 Å². The molecule has 1 aromatic heterocycles. The maximum Gasteiger partial charge on any atom is 0.128 e. The standard InChI is InChI=1S/C11H17N3/c1-5-10(12)9-7-13-11(14(3)4)6-8(9)2/h5-7,10H,1,12H2,2-4H3. The summed E-state index contributed by atoms with van der Waals surface area (Å²) in [6.45, 7) is 5.71. The molecule has 0 aliphatic carbocycles. The Balaban J connectivity index is 3.07. The zero-order valence-electron chi connectivity index (χ0n) is 8.99. The molecule has 3 nitrogen and oxygen atoms in total. The first-order valence-corrected chi connectivity index (χ1v) is 4.58. The Hall–Kier alpha value is -1.35. The molecule has 0 saturated heterocycles. The second-order valence-electron chi connectivity index (χ2n) is 3.56. The number of pyridine rings is 1. The third-order valence-electron chi connectivity index (χ3n) is 2.21. The fourth-order valence-corrected chi connectivity index (χ4v) is 1.27. The average Bonchev–Trinajstić information content (AvgIpc) is 2.16. The summed E-state index contributed by atoms with van der Waals surface area (Å²) in [6, 6.07) is 1.90. The number of hydrogen-bond acceptors (Lipinski definition) is 3. The van der Waals surface area contributed by atoms with E-state index in [4.69, 9.17) is 5.73 Å². The van der Waals surface area contributed by atoms with Crippen LogP contribution in [-0.4, -0.2) is 19.1 Å². The van der Waals surface area contributed by atoms with Crippen LogP contribution in [0, 0.1) is 6.92 Å². The molecule has 0 saturated carbocycles. The summed E-state index contributed by atoms with van der Waals surface area (Å²) in [5, 5.41) is 0. The first kappa shape index (κ1) is 10.7. The summed E-state index contributed by atoms with van der Waals surface area (Å²) >= 11 is 0. The van der Waals surface area contributed by atoms with Gasteiger partial charge in [0.1, 0.15) is 5.82 Å². The van der Waals surface area contributed by atoms with Crippen LogP contribution in [0.2, 0.25) is 0 Å². The number of rotatable bonds is 3. The van der Waals surface area contributed by atoms with Gasteiger partial charge < -0.3 is 10.6 Å². The summed E-state index contributed by atoms with van der Waals surface area (Å²) in [5.41, 5.74) is 8.03. The number of nitrogens with two attached hydrogens (primary N) is 1. The van der Waals surface area contributed by atoms with E-state index in [0.717, 1.165) is 16.9 Å². The molecule has 0 aliphatic rings. The molecule has 1 unspecified atom stereocenters. The molecule has 14 heavy (non-hydrogen) atoms. The van der Waals surface area contributed by atoms with Crippen LogP contribution in [0.4, 0.5) is 5.82 Å². The number of nitrogens with zero attached hydrogens (tertiary/aromatic N) is 2. The molecule has 76 valence electrons. The minimum absolute atomic E-state index is 0.126. The van der Waals surface area contributed by atoms with Gasteiger partial charge in [-0.1, -0.05) is 6.08 Å². The van der Waals surface area contributed by atoms with Crippen LogP contribution < -0.4 is 10.6 Å². The van der Waals surface area contributed by atoms with Gasteiger partial charge in [-0.15, -0.1) is 6.58 Å². The van der Waals surface area contributed by atoms with Crippen molar-refractivity contribution < 1.29 is 0 Å². The zero-order valence-corrected chi connectivity index (χ0v) is 8.99. The van der Waals surface area contributed by atoms with Gasteiger partial charge >= 0.3 is 0 Å². The highest BCUT2D eigenvalue weighted by molar-refractivity contribution is 5.43. The van der Waals surface area contributed by atoms with Crippen LogP contribution >= 0.6 is 0 Å². The van der Waals surface area contributed by atoms with E-state index >= 15 is 0 Å². The Labute approximate surface area is 85.3 Å². The van der Waals surface area contributed by atoms with Gasteiger partial charge in [0.15, 0.2) is 0 Å². The zero-order chi connectivity index (χ0) is 10.7. The minimum Gasteiger partial charge on any atom is -0.363 e. The van der Waals surface area contributed by atoms with E-state index in [-0.39, 0.29) is 6.04 Å². The van der Waals surface area contributed by atoms with E-state index in [2.05, 4.69) is 11.6 Å². The van der Waals surface area contributed by atoms with Gasteiger partial charge in [-0.05, 0) is 24.1 Å². The van der Waals surface area contributed by atoms with Crippen LogP contribution in [0.25, 0.3) is 0 Å². The van der Waals surface area contributed by atoms with Crippen LogP contribution in [0.3, 0.4) is 0 Å². The number of aromatic nitrogens is 1. The third-order valence-corrected chi connectivity index (χ3v) is 2.21. The van der Waals surface area contributed by atoms with E-state index in [1.54, 1.807) is 6.08 Å². The molecule has 0 bridgehead atoms. The molecule has 3 heteroatoms. The van der Waals surface area contributed by atoms with Crippen LogP contribution in [0.1, 0.15) is 17.2 Å². The van der Waals surface area contributed by atoms with Gasteiger partial charge in [0, 0.05) is 26.3 Å². The van der Waals surface area contributed by atoms with Crippen LogP contribution in [0.15, 0.2) is 24.9 Å². The SMILES string of the molecule is C=CC(N)c1cnc(N(C)C)cc1C. The van der Waals surface area contributed by atoms with Gasteiger partial charge in [0.2, 0.25) is 0 Å². The Morgan fingerprint density at radius 3 is 2.64 bits per heavy atom. The Morgan fingerprint density at radius 1 is 1.57 bits per heavy atom. The van der Waals surface area contributed by atoms with Crippen molar-refractivity contribution in [2.45, 2.75) is 13.0 Å². The van der Waals surface area contributed by atoms with Gasteiger partial charge in [0.05, 0.1) is 0 Å². The monoisotopic (exact) mass is 191 g/mol. The maximum absolute atomic E-state index is 5.85. The molecule has 0 fully saturated rings. The Kier molecular flexibility index (Phi) is 3.25. The number of hydrogen-bond donors (Lipinski definition) is 1. The quantitative estimate of drug-likeness (QED) is 0.738. The summed E-state index contributed by atoms with van der Waals surface area (Å²) in [6.07, 6.45) is 3.54. The van der Waals surface area contributed by atoms with Crippen molar-refractivity contribution in [3.05, 3.63) is 36.0 Å². The summed E-state index contributed by atoms with van der Waals surface area (Å²) in [5.74, 6) is 0.947. The van der Waals surface area contributed by atoms with Crippen molar-refractivity contribution in [3.8, 4) is 0 Å². The summed E-state index contributed by atoms with van der Waals surface area (Å²) < 4.78 is 0. The second-order valence-corrected chi connectivity index (χ2v) is 3.56. The van der Waals surface area contributed by atoms with Crippen LogP contribution in [-0.2, 0) is 0 Å². The topological polar surface area (TPSA) is 42.1 Å². The van der Waals surface area contributed by atoms with Crippen LogP contribution in [0.5, 0.6) is 0 Å². The lowest BCUT2D eigenvalue weighted by Gasteiger charge is -2.15. The molecule has 1 aromatic rings. The molecule has 1 atom stereocenters. The van der Waals surface area contributed by atoms with Gasteiger partial charge in [-0.25, -0.2) is 4.98 Å². The van der Waals surface area contributed by atoms with Crippen molar-refractivity contribution in [1.82, 2.24) is 4.98 Å². The first-order valence-electron chi connectivity index (χ1n) is 4.58. The smallest absolute Gasteiger partial charge is 0.128 e. The van der Waals surface area contributed by atoms with E-state index in [1.165, 1.54) is 0 Å². The summed E-state index contributed by atoms with van der Waals surface area (Å²) in [4.78, 5) is 6.27. The van der Waals surface area contributed by atoms with Crippen molar-refractivity contribution >= 4 is 5.82 Å². The lowest BCUT2D eigenvalue weighted by atomic mass is 10.0. The minimum atomic E-state index is -0.126. The third kappa shape index (κ3) is 2.12. The normalized spacial score (nSPS) is 12.3. The molecular formula is C11H17N3. The lowest BCUT2D eigenvalue weighted by Crippen LogP contribution is -2.13. The van der Waals surface area contributed by atoms with Gasteiger partial charge in [-0.3, -0.25) is 0 Å². The van der Waals surface area contributed by atoms with E-state index in [0.29, 0.717) is 0 Å².